The van der Waals surface area contributed by atoms with Gasteiger partial charge in [0.2, 0.25) is 0 Å². The van der Waals surface area contributed by atoms with Crippen LogP contribution in [0, 0.1) is 11.8 Å². The van der Waals surface area contributed by atoms with E-state index in [2.05, 4.69) is 29.0 Å². The predicted octanol–water partition coefficient (Wildman–Crippen LogP) is 2.18. The van der Waals surface area contributed by atoms with Crippen molar-refractivity contribution in [2.45, 2.75) is 58.0 Å². The first-order chi connectivity index (χ1) is 9.80. The minimum Gasteiger partial charge on any atom is -0.311 e. The monoisotopic (exact) mass is 279 g/mol. The molecule has 1 saturated carbocycles. The summed E-state index contributed by atoms with van der Waals surface area (Å²) in [6.45, 7) is 12.5. The summed E-state index contributed by atoms with van der Waals surface area (Å²) in [5, 5.41) is 3.82. The second-order valence-electron chi connectivity index (χ2n) is 7.25. The predicted molar refractivity (Wildman–Crippen MR) is 85.0 cm³/mol. The van der Waals surface area contributed by atoms with Crippen LogP contribution in [0.5, 0.6) is 0 Å². The van der Waals surface area contributed by atoms with E-state index in [0.29, 0.717) is 0 Å². The van der Waals surface area contributed by atoms with Gasteiger partial charge in [0.1, 0.15) is 0 Å². The largest absolute Gasteiger partial charge is 0.311 e. The van der Waals surface area contributed by atoms with Crippen molar-refractivity contribution in [1.29, 1.82) is 0 Å². The average Bonchev–Trinajstić information content (AvgIpc) is 3.33. The van der Waals surface area contributed by atoms with Crippen LogP contribution >= 0.6 is 0 Å². The molecule has 0 bridgehead atoms. The highest BCUT2D eigenvalue weighted by atomic mass is 15.2. The molecule has 3 nitrogen and oxygen atoms in total. The van der Waals surface area contributed by atoms with Crippen LogP contribution in [0.1, 0.15) is 46.0 Å². The number of nitrogens with one attached hydrogen (secondary N) is 1. The number of hydrogen-bond donors (Lipinski definition) is 1. The SMILES string of the molecule is CCC1CNC(C2CC2)CN1CC1CCN(CC)CC1. The number of likely N-dealkylation sites (tertiary alicyclic amines) is 1. The van der Waals surface area contributed by atoms with Crippen molar-refractivity contribution in [3.63, 3.8) is 0 Å². The van der Waals surface area contributed by atoms with E-state index in [0.717, 1.165) is 23.9 Å². The fraction of sp³-hybridized carbons (Fsp3) is 1.00. The van der Waals surface area contributed by atoms with Crippen LogP contribution in [0.15, 0.2) is 0 Å². The topological polar surface area (TPSA) is 18.5 Å². The Labute approximate surface area is 125 Å². The zero-order valence-electron chi connectivity index (χ0n) is 13.5. The van der Waals surface area contributed by atoms with Crippen LogP contribution in [0.2, 0.25) is 0 Å². The lowest BCUT2D eigenvalue weighted by Gasteiger charge is -2.43. The zero-order chi connectivity index (χ0) is 13.9. The lowest BCUT2D eigenvalue weighted by molar-refractivity contribution is 0.0789. The van der Waals surface area contributed by atoms with Crippen LogP contribution in [-0.2, 0) is 0 Å². The van der Waals surface area contributed by atoms with Gasteiger partial charge in [-0.25, -0.2) is 0 Å². The molecule has 116 valence electrons. The average molecular weight is 279 g/mol. The third kappa shape index (κ3) is 3.55. The third-order valence-electron chi connectivity index (χ3n) is 5.87. The van der Waals surface area contributed by atoms with E-state index in [1.165, 1.54) is 71.4 Å². The Hall–Kier alpha value is -0.120. The highest BCUT2D eigenvalue weighted by Crippen LogP contribution is 2.35. The van der Waals surface area contributed by atoms with Crippen LogP contribution in [0.4, 0.5) is 0 Å². The van der Waals surface area contributed by atoms with Gasteiger partial charge in [-0.15, -0.1) is 0 Å². The number of hydrogen-bond acceptors (Lipinski definition) is 3. The lowest BCUT2D eigenvalue weighted by Crippen LogP contribution is -2.58. The molecule has 3 heteroatoms. The van der Waals surface area contributed by atoms with Crippen molar-refractivity contribution in [1.82, 2.24) is 15.1 Å². The van der Waals surface area contributed by atoms with Gasteiger partial charge in [-0.2, -0.15) is 0 Å². The van der Waals surface area contributed by atoms with E-state index in [-0.39, 0.29) is 0 Å². The second-order valence-corrected chi connectivity index (χ2v) is 7.25. The van der Waals surface area contributed by atoms with Gasteiger partial charge in [-0.3, -0.25) is 4.90 Å². The van der Waals surface area contributed by atoms with Crippen molar-refractivity contribution >= 4 is 0 Å². The highest BCUT2D eigenvalue weighted by Gasteiger charge is 2.37. The summed E-state index contributed by atoms with van der Waals surface area (Å²) in [6, 6.07) is 1.59. The number of nitrogens with zero attached hydrogens (tertiary/aromatic N) is 2. The van der Waals surface area contributed by atoms with Crippen LogP contribution in [-0.4, -0.2) is 61.2 Å². The Morgan fingerprint density at radius 3 is 2.40 bits per heavy atom. The molecule has 3 rings (SSSR count). The van der Waals surface area contributed by atoms with E-state index >= 15 is 0 Å². The van der Waals surface area contributed by atoms with Gasteiger partial charge in [-0.05, 0) is 63.6 Å². The molecular weight excluding hydrogens is 246 g/mol. The van der Waals surface area contributed by atoms with Crippen molar-refractivity contribution in [3.05, 3.63) is 0 Å². The molecule has 0 aromatic carbocycles. The maximum absolute atomic E-state index is 3.82. The van der Waals surface area contributed by atoms with Gasteiger partial charge in [0, 0.05) is 31.7 Å². The van der Waals surface area contributed by atoms with Gasteiger partial charge >= 0.3 is 0 Å². The van der Waals surface area contributed by atoms with Crippen molar-refractivity contribution < 1.29 is 0 Å². The molecule has 0 aromatic heterocycles. The van der Waals surface area contributed by atoms with Gasteiger partial charge in [0.05, 0.1) is 0 Å². The highest BCUT2D eigenvalue weighted by molar-refractivity contribution is 4.94. The molecule has 0 aromatic rings. The van der Waals surface area contributed by atoms with Gasteiger partial charge in [0.25, 0.3) is 0 Å². The molecule has 1 N–H and O–H groups in total. The summed E-state index contributed by atoms with van der Waals surface area (Å²) in [7, 11) is 0. The molecule has 2 heterocycles. The van der Waals surface area contributed by atoms with Gasteiger partial charge in [0.15, 0.2) is 0 Å². The normalized spacial score (nSPS) is 34.5. The maximum Gasteiger partial charge on any atom is 0.0224 e. The van der Waals surface area contributed by atoms with E-state index in [1.54, 1.807) is 0 Å². The molecule has 20 heavy (non-hydrogen) atoms. The van der Waals surface area contributed by atoms with Gasteiger partial charge in [-0.1, -0.05) is 13.8 Å². The second kappa shape index (κ2) is 6.76. The molecule has 2 atom stereocenters. The minimum absolute atomic E-state index is 0.786. The summed E-state index contributed by atoms with van der Waals surface area (Å²) < 4.78 is 0. The Kier molecular flexibility index (Phi) is 5.00. The molecule has 2 unspecified atom stereocenters. The van der Waals surface area contributed by atoms with Gasteiger partial charge < -0.3 is 10.2 Å². The van der Waals surface area contributed by atoms with Crippen molar-refractivity contribution in [3.8, 4) is 0 Å². The Morgan fingerprint density at radius 1 is 1.05 bits per heavy atom. The zero-order valence-corrected chi connectivity index (χ0v) is 13.5. The molecule has 3 fully saturated rings. The summed E-state index contributed by atoms with van der Waals surface area (Å²) in [5.41, 5.74) is 0. The van der Waals surface area contributed by atoms with Crippen LogP contribution < -0.4 is 5.32 Å². The number of rotatable bonds is 5. The van der Waals surface area contributed by atoms with Crippen molar-refractivity contribution in [2.75, 3.05) is 39.3 Å². The van der Waals surface area contributed by atoms with E-state index in [1.807, 2.05) is 0 Å². The van der Waals surface area contributed by atoms with Crippen LogP contribution in [0.3, 0.4) is 0 Å². The molecule has 0 amide bonds. The quantitative estimate of drug-likeness (QED) is 0.832. The molecule has 0 radical (unpaired) electrons. The van der Waals surface area contributed by atoms with Crippen molar-refractivity contribution in [2.24, 2.45) is 11.8 Å². The first-order valence-electron chi connectivity index (χ1n) is 9.00. The summed E-state index contributed by atoms with van der Waals surface area (Å²) in [6.07, 6.45) is 7.08. The Balaban J connectivity index is 1.50. The molecule has 2 saturated heterocycles. The van der Waals surface area contributed by atoms with E-state index in [9.17, 15) is 0 Å². The molecular formula is C17H33N3. The number of piperidine rings is 1. The van der Waals surface area contributed by atoms with E-state index < -0.39 is 0 Å². The van der Waals surface area contributed by atoms with Crippen LogP contribution in [0.25, 0.3) is 0 Å². The third-order valence-corrected chi connectivity index (χ3v) is 5.87. The Bertz CT molecular complexity index is 295. The fourth-order valence-corrected chi connectivity index (χ4v) is 4.14. The standard InChI is InChI=1S/C17H33N3/c1-3-16-11-18-17(15-5-6-15)13-20(16)12-14-7-9-19(4-2)10-8-14/h14-18H,3-13H2,1-2H3. The maximum atomic E-state index is 3.82. The number of piperazine rings is 1. The molecule has 0 spiro atoms. The summed E-state index contributed by atoms with van der Waals surface area (Å²) in [5.74, 6) is 1.95. The summed E-state index contributed by atoms with van der Waals surface area (Å²) >= 11 is 0. The first kappa shape index (κ1) is 14.8. The molecule has 1 aliphatic carbocycles. The molecule has 3 aliphatic rings. The fourth-order valence-electron chi connectivity index (χ4n) is 4.14. The summed E-state index contributed by atoms with van der Waals surface area (Å²) in [4.78, 5) is 5.45. The molecule has 2 aliphatic heterocycles. The lowest BCUT2D eigenvalue weighted by atomic mass is 9.94. The smallest absolute Gasteiger partial charge is 0.0224 e. The Morgan fingerprint density at radius 2 is 1.80 bits per heavy atom. The minimum atomic E-state index is 0.786. The van der Waals surface area contributed by atoms with E-state index in [4.69, 9.17) is 0 Å². The first-order valence-corrected chi connectivity index (χ1v) is 9.00.